The second kappa shape index (κ2) is 5.30. The first-order valence-electron chi connectivity index (χ1n) is 5.50. The zero-order valence-corrected chi connectivity index (χ0v) is 10.2. The molecule has 0 aliphatic rings. The number of nitro benzene ring substituents is 1. The van der Waals surface area contributed by atoms with Crippen molar-refractivity contribution in [3.8, 4) is 5.75 Å². The molecule has 0 aliphatic carbocycles. The largest absolute Gasteiger partial charge is 0.487 e. The van der Waals surface area contributed by atoms with Crippen LogP contribution in [0.3, 0.4) is 0 Å². The molecule has 2 aromatic rings. The van der Waals surface area contributed by atoms with Crippen molar-refractivity contribution < 1.29 is 9.66 Å². The highest BCUT2D eigenvalue weighted by molar-refractivity contribution is 5.43. The standard InChI is InChI=1S/C12H12N4O3/c1-8-2-3-10(16(17)18)4-11(8)19-7-9-5-15-12(13)6-14-9/h2-6H,7H2,1H3,(H2,13,15). The summed E-state index contributed by atoms with van der Waals surface area (Å²) in [4.78, 5) is 18.1. The van der Waals surface area contributed by atoms with Gasteiger partial charge in [0.1, 0.15) is 18.2 Å². The molecule has 0 saturated carbocycles. The van der Waals surface area contributed by atoms with Crippen LogP contribution in [-0.4, -0.2) is 14.9 Å². The molecular weight excluding hydrogens is 248 g/mol. The summed E-state index contributed by atoms with van der Waals surface area (Å²) >= 11 is 0. The smallest absolute Gasteiger partial charge is 0.273 e. The van der Waals surface area contributed by atoms with E-state index in [2.05, 4.69) is 9.97 Å². The quantitative estimate of drug-likeness (QED) is 0.664. The molecule has 0 spiro atoms. The lowest BCUT2D eigenvalue weighted by Crippen LogP contribution is -2.02. The SMILES string of the molecule is Cc1ccc([N+](=O)[O-])cc1OCc1cnc(N)cn1. The van der Waals surface area contributed by atoms with Gasteiger partial charge in [-0.3, -0.25) is 15.1 Å². The Hall–Kier alpha value is -2.70. The Morgan fingerprint density at radius 3 is 2.79 bits per heavy atom. The normalized spacial score (nSPS) is 10.2. The van der Waals surface area contributed by atoms with Crippen molar-refractivity contribution in [1.29, 1.82) is 0 Å². The summed E-state index contributed by atoms with van der Waals surface area (Å²) in [5.41, 5.74) is 6.82. The van der Waals surface area contributed by atoms with Crippen molar-refractivity contribution in [3.63, 3.8) is 0 Å². The molecule has 0 unspecified atom stereocenters. The Morgan fingerprint density at radius 1 is 1.37 bits per heavy atom. The number of aromatic nitrogens is 2. The topological polar surface area (TPSA) is 104 Å². The zero-order valence-electron chi connectivity index (χ0n) is 10.2. The molecule has 0 saturated heterocycles. The van der Waals surface area contributed by atoms with Crippen LogP contribution >= 0.6 is 0 Å². The van der Waals surface area contributed by atoms with Crippen LogP contribution < -0.4 is 10.5 Å². The van der Waals surface area contributed by atoms with E-state index in [-0.39, 0.29) is 12.3 Å². The van der Waals surface area contributed by atoms with Crippen LogP contribution in [0.25, 0.3) is 0 Å². The summed E-state index contributed by atoms with van der Waals surface area (Å²) in [5, 5.41) is 10.7. The van der Waals surface area contributed by atoms with Gasteiger partial charge in [0.15, 0.2) is 0 Å². The average Bonchev–Trinajstić information content (AvgIpc) is 2.39. The minimum Gasteiger partial charge on any atom is -0.487 e. The Kier molecular flexibility index (Phi) is 3.56. The molecule has 7 heteroatoms. The van der Waals surface area contributed by atoms with Crippen molar-refractivity contribution >= 4 is 11.5 Å². The Balaban J connectivity index is 2.12. The molecule has 0 aliphatic heterocycles. The Bertz CT molecular complexity index is 598. The summed E-state index contributed by atoms with van der Waals surface area (Å²) in [6.45, 7) is 1.99. The van der Waals surface area contributed by atoms with Gasteiger partial charge in [-0.1, -0.05) is 0 Å². The first kappa shape index (κ1) is 12.7. The summed E-state index contributed by atoms with van der Waals surface area (Å²) in [6, 6.07) is 4.47. The molecule has 19 heavy (non-hydrogen) atoms. The number of anilines is 1. The first-order valence-corrected chi connectivity index (χ1v) is 5.50. The molecule has 2 N–H and O–H groups in total. The Labute approximate surface area is 109 Å². The van der Waals surface area contributed by atoms with Gasteiger partial charge in [-0.15, -0.1) is 0 Å². The number of nitrogens with zero attached hydrogens (tertiary/aromatic N) is 3. The van der Waals surface area contributed by atoms with Gasteiger partial charge >= 0.3 is 0 Å². The number of non-ortho nitro benzene ring substituents is 1. The monoisotopic (exact) mass is 260 g/mol. The van der Waals surface area contributed by atoms with Gasteiger partial charge in [-0.05, 0) is 18.6 Å². The van der Waals surface area contributed by atoms with Crippen molar-refractivity contribution in [3.05, 3.63) is 52.0 Å². The number of rotatable bonds is 4. The van der Waals surface area contributed by atoms with Gasteiger partial charge in [0.05, 0.1) is 29.1 Å². The second-order valence-corrected chi connectivity index (χ2v) is 3.93. The number of benzene rings is 1. The summed E-state index contributed by atoms with van der Waals surface area (Å²) in [5.74, 6) is 0.781. The van der Waals surface area contributed by atoms with Gasteiger partial charge in [0, 0.05) is 6.07 Å². The number of nitrogens with two attached hydrogens (primary N) is 1. The third-order valence-corrected chi connectivity index (χ3v) is 2.48. The van der Waals surface area contributed by atoms with E-state index in [1.807, 2.05) is 6.92 Å². The van der Waals surface area contributed by atoms with E-state index in [1.165, 1.54) is 24.5 Å². The predicted octanol–water partition coefficient (Wildman–Crippen LogP) is 1.85. The van der Waals surface area contributed by atoms with Crippen molar-refractivity contribution in [2.75, 3.05) is 5.73 Å². The average molecular weight is 260 g/mol. The molecule has 0 radical (unpaired) electrons. The van der Waals surface area contributed by atoms with Crippen LogP contribution in [0.15, 0.2) is 30.6 Å². The fourth-order valence-electron chi connectivity index (χ4n) is 1.45. The van der Waals surface area contributed by atoms with Crippen LogP contribution in [0.4, 0.5) is 11.5 Å². The van der Waals surface area contributed by atoms with Gasteiger partial charge < -0.3 is 10.5 Å². The third kappa shape index (κ3) is 3.15. The highest BCUT2D eigenvalue weighted by atomic mass is 16.6. The maximum Gasteiger partial charge on any atom is 0.273 e. The predicted molar refractivity (Wildman–Crippen MR) is 68.6 cm³/mol. The minimum atomic E-state index is -0.463. The van der Waals surface area contributed by atoms with E-state index < -0.39 is 4.92 Å². The fraction of sp³-hybridized carbons (Fsp3) is 0.167. The lowest BCUT2D eigenvalue weighted by molar-refractivity contribution is -0.385. The molecule has 2 rings (SSSR count). The molecule has 7 nitrogen and oxygen atoms in total. The van der Waals surface area contributed by atoms with Crippen molar-refractivity contribution in [2.45, 2.75) is 13.5 Å². The number of hydrogen-bond donors (Lipinski definition) is 1. The highest BCUT2D eigenvalue weighted by Crippen LogP contribution is 2.24. The van der Waals surface area contributed by atoms with Gasteiger partial charge in [-0.2, -0.15) is 0 Å². The summed E-state index contributed by atoms with van der Waals surface area (Å²) in [7, 11) is 0. The molecule has 1 heterocycles. The molecule has 0 bridgehead atoms. The molecule has 0 fully saturated rings. The van der Waals surface area contributed by atoms with E-state index in [0.29, 0.717) is 17.3 Å². The minimum absolute atomic E-state index is 0.0102. The van der Waals surface area contributed by atoms with Crippen molar-refractivity contribution in [1.82, 2.24) is 9.97 Å². The third-order valence-electron chi connectivity index (χ3n) is 2.48. The number of hydrogen-bond acceptors (Lipinski definition) is 6. The first-order chi connectivity index (χ1) is 9.06. The molecular formula is C12H12N4O3. The van der Waals surface area contributed by atoms with Crippen LogP contribution in [0.2, 0.25) is 0 Å². The fourth-order valence-corrected chi connectivity index (χ4v) is 1.45. The zero-order chi connectivity index (χ0) is 13.8. The molecule has 1 aromatic heterocycles. The highest BCUT2D eigenvalue weighted by Gasteiger charge is 2.09. The number of nitrogen functional groups attached to an aromatic ring is 1. The Morgan fingerprint density at radius 2 is 2.16 bits per heavy atom. The van der Waals surface area contributed by atoms with Gasteiger partial charge in [0.2, 0.25) is 0 Å². The van der Waals surface area contributed by atoms with E-state index in [1.54, 1.807) is 6.07 Å². The van der Waals surface area contributed by atoms with Crippen LogP contribution in [0.1, 0.15) is 11.3 Å². The molecule has 0 atom stereocenters. The maximum atomic E-state index is 10.7. The lowest BCUT2D eigenvalue weighted by Gasteiger charge is -2.08. The maximum absolute atomic E-state index is 10.7. The van der Waals surface area contributed by atoms with E-state index >= 15 is 0 Å². The van der Waals surface area contributed by atoms with Crippen LogP contribution in [-0.2, 0) is 6.61 Å². The van der Waals surface area contributed by atoms with Crippen LogP contribution in [0.5, 0.6) is 5.75 Å². The van der Waals surface area contributed by atoms with Gasteiger partial charge in [0.25, 0.3) is 5.69 Å². The number of aryl methyl sites for hydroxylation is 1. The number of nitro groups is 1. The van der Waals surface area contributed by atoms with E-state index in [4.69, 9.17) is 10.5 Å². The van der Waals surface area contributed by atoms with Crippen LogP contribution in [0, 0.1) is 17.0 Å². The number of ether oxygens (including phenoxy) is 1. The van der Waals surface area contributed by atoms with Gasteiger partial charge in [-0.25, -0.2) is 4.98 Å². The van der Waals surface area contributed by atoms with E-state index in [9.17, 15) is 10.1 Å². The summed E-state index contributed by atoms with van der Waals surface area (Å²) in [6.07, 6.45) is 2.93. The van der Waals surface area contributed by atoms with E-state index in [0.717, 1.165) is 5.56 Å². The second-order valence-electron chi connectivity index (χ2n) is 3.93. The lowest BCUT2D eigenvalue weighted by atomic mass is 10.2. The molecule has 98 valence electrons. The summed E-state index contributed by atoms with van der Waals surface area (Å²) < 4.78 is 5.51. The molecule has 1 aromatic carbocycles. The van der Waals surface area contributed by atoms with Crippen molar-refractivity contribution in [2.24, 2.45) is 0 Å². The molecule has 0 amide bonds.